The van der Waals surface area contributed by atoms with E-state index in [1.54, 1.807) is 0 Å². The number of aliphatic hydroxyl groups is 1. The fourth-order valence-electron chi connectivity index (χ4n) is 3.29. The zero-order chi connectivity index (χ0) is 19.8. The molecule has 0 fully saturated rings. The average molecular weight is 376 g/mol. The second-order valence-corrected chi connectivity index (χ2v) is 6.69. The van der Waals surface area contributed by atoms with Crippen molar-refractivity contribution in [1.82, 2.24) is 10.2 Å². The molecule has 0 saturated heterocycles. The molecule has 1 aliphatic carbocycles. The van der Waals surface area contributed by atoms with Crippen LogP contribution < -0.4 is 0 Å². The molecule has 142 valence electrons. The van der Waals surface area contributed by atoms with Crippen molar-refractivity contribution < 1.29 is 33.7 Å². The van der Waals surface area contributed by atoms with E-state index in [2.05, 4.69) is 10.2 Å². The van der Waals surface area contributed by atoms with Crippen LogP contribution in [-0.2, 0) is 16.0 Å². The normalized spacial score (nSPS) is 27.4. The van der Waals surface area contributed by atoms with Gasteiger partial charge in [-0.3, -0.25) is 4.79 Å². The third-order valence-corrected chi connectivity index (χ3v) is 4.80. The first-order chi connectivity index (χ1) is 12.7. The summed E-state index contributed by atoms with van der Waals surface area (Å²) in [4.78, 5) is 23.5. The van der Waals surface area contributed by atoms with Gasteiger partial charge in [0, 0.05) is 6.42 Å². The van der Waals surface area contributed by atoms with Gasteiger partial charge in [-0.1, -0.05) is 24.3 Å². The Bertz CT molecular complexity index is 909. The molecular formula is C18H17FN2O6. The molecule has 0 radical (unpaired) electrons. The van der Waals surface area contributed by atoms with Crippen LogP contribution in [0.3, 0.4) is 0 Å². The molecular weight excluding hydrogens is 359 g/mol. The minimum absolute atomic E-state index is 0.0895. The van der Waals surface area contributed by atoms with Crippen molar-refractivity contribution in [3.8, 4) is 0 Å². The summed E-state index contributed by atoms with van der Waals surface area (Å²) in [6.45, 7) is 1.29. The molecule has 1 aromatic carbocycles. The summed E-state index contributed by atoms with van der Waals surface area (Å²) < 4.78 is 18.5. The largest absolute Gasteiger partial charge is 0.481 e. The molecule has 0 aliphatic heterocycles. The van der Waals surface area contributed by atoms with Crippen LogP contribution in [-0.4, -0.2) is 43.1 Å². The minimum Gasteiger partial charge on any atom is -0.481 e. The van der Waals surface area contributed by atoms with Crippen molar-refractivity contribution in [3.05, 3.63) is 59.6 Å². The maximum absolute atomic E-state index is 13.0. The highest BCUT2D eigenvalue weighted by Crippen LogP contribution is 2.49. The van der Waals surface area contributed by atoms with E-state index in [4.69, 9.17) is 4.42 Å². The maximum Gasteiger partial charge on any atom is 0.336 e. The molecule has 8 nitrogen and oxygen atoms in total. The van der Waals surface area contributed by atoms with Gasteiger partial charge in [0.15, 0.2) is 5.60 Å². The average Bonchev–Trinajstić information content (AvgIpc) is 3.04. The Morgan fingerprint density at radius 3 is 2.48 bits per heavy atom. The first kappa shape index (κ1) is 18.7. The Labute approximate surface area is 153 Å². The van der Waals surface area contributed by atoms with Crippen LogP contribution in [0.5, 0.6) is 0 Å². The van der Waals surface area contributed by atoms with Crippen LogP contribution in [0, 0.1) is 11.2 Å². The summed E-state index contributed by atoms with van der Waals surface area (Å²) in [6.07, 6.45) is 2.48. The molecule has 1 aromatic heterocycles. The molecule has 1 heterocycles. The van der Waals surface area contributed by atoms with E-state index in [9.17, 15) is 29.3 Å². The fraction of sp³-hybridized carbons (Fsp3) is 0.333. The Morgan fingerprint density at radius 2 is 1.89 bits per heavy atom. The van der Waals surface area contributed by atoms with Crippen LogP contribution in [0.25, 0.3) is 0 Å². The lowest BCUT2D eigenvalue weighted by atomic mass is 9.63. The molecule has 3 N–H and O–H groups in total. The van der Waals surface area contributed by atoms with E-state index < -0.39 is 34.7 Å². The maximum atomic E-state index is 13.0. The van der Waals surface area contributed by atoms with Crippen molar-refractivity contribution in [1.29, 1.82) is 0 Å². The highest BCUT2D eigenvalue weighted by molar-refractivity contribution is 5.85. The van der Waals surface area contributed by atoms with Crippen LogP contribution in [0.4, 0.5) is 4.39 Å². The molecule has 3 rings (SSSR count). The number of halogens is 1. The van der Waals surface area contributed by atoms with Crippen LogP contribution in [0.2, 0.25) is 0 Å². The number of hydrogen-bond acceptors (Lipinski definition) is 6. The molecule has 0 amide bonds. The van der Waals surface area contributed by atoms with Crippen LogP contribution >= 0.6 is 0 Å². The van der Waals surface area contributed by atoms with Gasteiger partial charge in [-0.25, -0.2) is 9.18 Å². The predicted molar refractivity (Wildman–Crippen MR) is 88.3 cm³/mol. The number of aliphatic carboxylic acids is 2. The Balaban J connectivity index is 2.00. The molecule has 27 heavy (non-hydrogen) atoms. The van der Waals surface area contributed by atoms with E-state index >= 15 is 0 Å². The van der Waals surface area contributed by atoms with Crippen molar-refractivity contribution in [2.45, 2.75) is 31.3 Å². The molecule has 3 unspecified atom stereocenters. The first-order valence-corrected chi connectivity index (χ1v) is 8.10. The van der Waals surface area contributed by atoms with Gasteiger partial charge in [0.25, 0.3) is 0 Å². The van der Waals surface area contributed by atoms with Crippen molar-refractivity contribution in [3.63, 3.8) is 0 Å². The molecule has 0 bridgehead atoms. The number of rotatable bonds is 5. The minimum atomic E-state index is -2.42. The lowest BCUT2D eigenvalue weighted by molar-refractivity contribution is -0.170. The number of carboxylic acids is 2. The number of nitrogens with zero attached hydrogens (tertiary/aromatic N) is 2. The third-order valence-electron chi connectivity index (χ3n) is 4.80. The summed E-state index contributed by atoms with van der Waals surface area (Å²) in [6, 6.07) is 5.58. The smallest absolute Gasteiger partial charge is 0.336 e. The zero-order valence-corrected chi connectivity index (χ0v) is 14.3. The lowest BCUT2D eigenvalue weighted by Gasteiger charge is -2.40. The standard InChI is InChI=1S/C18H17FN2O6/c1-17(15(22)23)7-2-8-18(26,16(24)25)13(17)14-21-20-12(27-14)9-10-3-5-11(19)6-4-10/h2-7,13,26H,8-9H2,1H3,(H,22,23)(H,24,25). The van der Waals surface area contributed by atoms with E-state index in [0.717, 1.165) is 0 Å². The summed E-state index contributed by atoms with van der Waals surface area (Å²) in [5.41, 5.74) is -3.50. The number of carboxylic acid groups (broad SMARTS) is 2. The highest BCUT2D eigenvalue weighted by atomic mass is 19.1. The Morgan fingerprint density at radius 1 is 1.22 bits per heavy atom. The van der Waals surface area contributed by atoms with E-state index in [-0.39, 0.29) is 24.6 Å². The molecule has 2 aromatic rings. The first-order valence-electron chi connectivity index (χ1n) is 8.10. The van der Waals surface area contributed by atoms with Gasteiger partial charge >= 0.3 is 11.9 Å². The molecule has 3 atom stereocenters. The van der Waals surface area contributed by atoms with Crippen molar-refractivity contribution in [2.24, 2.45) is 5.41 Å². The van der Waals surface area contributed by atoms with Gasteiger partial charge in [-0.2, -0.15) is 0 Å². The topological polar surface area (TPSA) is 134 Å². The third kappa shape index (κ3) is 3.21. The van der Waals surface area contributed by atoms with Crippen LogP contribution in [0.1, 0.15) is 36.6 Å². The zero-order valence-electron chi connectivity index (χ0n) is 14.3. The van der Waals surface area contributed by atoms with Gasteiger partial charge in [0.05, 0.1) is 17.8 Å². The fourth-order valence-corrected chi connectivity index (χ4v) is 3.29. The summed E-state index contributed by atoms with van der Waals surface area (Å²) in [7, 11) is 0. The molecule has 0 spiro atoms. The van der Waals surface area contributed by atoms with Gasteiger partial charge in [0.2, 0.25) is 11.8 Å². The monoisotopic (exact) mass is 376 g/mol. The second-order valence-electron chi connectivity index (χ2n) is 6.69. The number of benzene rings is 1. The lowest BCUT2D eigenvalue weighted by Crippen LogP contribution is -2.54. The predicted octanol–water partition coefficient (Wildman–Crippen LogP) is 1.75. The molecule has 1 aliphatic rings. The highest BCUT2D eigenvalue weighted by Gasteiger charge is 2.60. The van der Waals surface area contributed by atoms with Crippen molar-refractivity contribution >= 4 is 11.9 Å². The van der Waals surface area contributed by atoms with E-state index in [0.29, 0.717) is 5.56 Å². The molecule has 0 saturated carbocycles. The van der Waals surface area contributed by atoms with Crippen LogP contribution in [0.15, 0.2) is 40.8 Å². The summed E-state index contributed by atoms with van der Waals surface area (Å²) >= 11 is 0. The molecule has 9 heteroatoms. The van der Waals surface area contributed by atoms with Gasteiger partial charge in [-0.05, 0) is 24.6 Å². The van der Waals surface area contributed by atoms with Gasteiger partial charge in [-0.15, -0.1) is 10.2 Å². The van der Waals surface area contributed by atoms with E-state index in [1.165, 1.54) is 43.3 Å². The van der Waals surface area contributed by atoms with Crippen molar-refractivity contribution in [2.75, 3.05) is 0 Å². The number of carbonyl (C=O) groups is 2. The Kier molecular flexibility index (Phi) is 4.56. The van der Waals surface area contributed by atoms with Gasteiger partial charge in [0.1, 0.15) is 5.82 Å². The Hall–Kier alpha value is -3.07. The number of aromatic nitrogens is 2. The summed E-state index contributed by atoms with van der Waals surface area (Å²) in [5.74, 6) is -5.00. The number of hydrogen-bond donors (Lipinski definition) is 3. The second kappa shape index (κ2) is 6.58. The van der Waals surface area contributed by atoms with Gasteiger partial charge < -0.3 is 19.7 Å². The quantitative estimate of drug-likeness (QED) is 0.672. The van der Waals surface area contributed by atoms with E-state index in [1.807, 2.05) is 0 Å². The SMILES string of the molecule is CC1(C(=O)O)C=CCC(O)(C(=O)O)C1c1nnc(Cc2ccc(F)cc2)o1. The summed E-state index contributed by atoms with van der Waals surface area (Å²) in [5, 5.41) is 37.5.